The van der Waals surface area contributed by atoms with Gasteiger partial charge in [0.2, 0.25) is 0 Å². The molecule has 0 spiro atoms. The number of anilines is 1. The van der Waals surface area contributed by atoms with Crippen LogP contribution in [0.2, 0.25) is 0 Å². The molecule has 0 bridgehead atoms. The molecule has 2 aromatic carbocycles. The monoisotopic (exact) mass is 398 g/mol. The number of non-ortho nitro benzene ring substituents is 1. The smallest absolute Gasteiger partial charge is 0.269 e. The summed E-state index contributed by atoms with van der Waals surface area (Å²) in [6.07, 6.45) is 0. The van der Waals surface area contributed by atoms with Crippen LogP contribution < -0.4 is 20.7 Å². The van der Waals surface area contributed by atoms with Crippen molar-refractivity contribution in [1.29, 1.82) is 0 Å². The van der Waals surface area contributed by atoms with Crippen molar-refractivity contribution in [3.05, 3.63) is 75.5 Å². The highest BCUT2D eigenvalue weighted by atomic mass is 32.1. The molecule has 144 valence electrons. The number of para-hydroxylation sites is 2. The van der Waals surface area contributed by atoms with Crippen LogP contribution in [-0.2, 0) is 4.79 Å². The SMILES string of the molecule is COc1ccccc1NC(=O)C1=C(C)NC(=S)NC1c1cccc([N+](=O)[O-])c1. The van der Waals surface area contributed by atoms with E-state index in [9.17, 15) is 14.9 Å². The number of nitrogens with one attached hydrogen (secondary N) is 3. The molecule has 1 aliphatic rings. The van der Waals surface area contributed by atoms with Gasteiger partial charge in [-0.25, -0.2) is 0 Å². The number of nitro groups is 1. The first kappa shape index (κ1) is 19.3. The standard InChI is InChI=1S/C19H18N4O4S/c1-11-16(18(24)21-14-8-3-4-9-15(14)27-2)17(22-19(28)20-11)12-6-5-7-13(10-12)23(25)26/h3-10,17H,1-2H3,(H,21,24)(H2,20,22,28). The van der Waals surface area contributed by atoms with E-state index in [1.807, 2.05) is 0 Å². The summed E-state index contributed by atoms with van der Waals surface area (Å²) in [5.74, 6) is 0.147. The largest absolute Gasteiger partial charge is 0.495 e. The lowest BCUT2D eigenvalue weighted by atomic mass is 9.94. The molecule has 0 saturated carbocycles. The molecule has 0 saturated heterocycles. The minimum atomic E-state index is -0.636. The third-order valence-electron chi connectivity index (χ3n) is 4.28. The van der Waals surface area contributed by atoms with E-state index in [1.54, 1.807) is 43.3 Å². The lowest BCUT2D eigenvalue weighted by Gasteiger charge is -2.30. The lowest BCUT2D eigenvalue weighted by Crippen LogP contribution is -2.45. The summed E-state index contributed by atoms with van der Waals surface area (Å²) in [6, 6.07) is 12.5. The van der Waals surface area contributed by atoms with Crippen LogP contribution in [0.15, 0.2) is 59.8 Å². The molecule has 0 aliphatic carbocycles. The molecule has 8 nitrogen and oxygen atoms in total. The Morgan fingerprint density at radius 3 is 2.71 bits per heavy atom. The zero-order valence-corrected chi connectivity index (χ0v) is 16.0. The summed E-state index contributed by atoms with van der Waals surface area (Å²) < 4.78 is 5.27. The van der Waals surface area contributed by atoms with Crippen molar-refractivity contribution in [1.82, 2.24) is 10.6 Å². The number of rotatable bonds is 5. The van der Waals surface area contributed by atoms with Crippen molar-refractivity contribution in [3.63, 3.8) is 0 Å². The quantitative estimate of drug-likeness (QED) is 0.404. The number of carbonyl (C=O) groups excluding carboxylic acids is 1. The first-order chi connectivity index (χ1) is 13.4. The van der Waals surface area contributed by atoms with Crippen LogP contribution in [0.5, 0.6) is 5.75 Å². The minimum absolute atomic E-state index is 0.0640. The maximum Gasteiger partial charge on any atom is 0.269 e. The minimum Gasteiger partial charge on any atom is -0.495 e. The summed E-state index contributed by atoms with van der Waals surface area (Å²) in [5, 5.41) is 20.3. The molecule has 9 heteroatoms. The van der Waals surface area contributed by atoms with Crippen molar-refractivity contribution in [2.24, 2.45) is 0 Å². The van der Waals surface area contributed by atoms with E-state index in [1.165, 1.54) is 19.2 Å². The summed E-state index contributed by atoms with van der Waals surface area (Å²) in [7, 11) is 1.52. The Balaban J connectivity index is 1.99. The summed E-state index contributed by atoms with van der Waals surface area (Å²) in [5.41, 5.74) is 1.95. The van der Waals surface area contributed by atoms with Crippen molar-refractivity contribution in [2.75, 3.05) is 12.4 Å². The van der Waals surface area contributed by atoms with Crippen LogP contribution in [-0.4, -0.2) is 23.1 Å². The zero-order valence-electron chi connectivity index (χ0n) is 15.2. The average Bonchev–Trinajstić information content (AvgIpc) is 2.67. The average molecular weight is 398 g/mol. The lowest BCUT2D eigenvalue weighted by molar-refractivity contribution is -0.384. The molecule has 3 rings (SSSR count). The van der Waals surface area contributed by atoms with Crippen LogP contribution in [0.1, 0.15) is 18.5 Å². The maximum atomic E-state index is 13.1. The Kier molecular flexibility index (Phi) is 5.55. The van der Waals surface area contributed by atoms with Gasteiger partial charge in [-0.3, -0.25) is 14.9 Å². The highest BCUT2D eigenvalue weighted by Gasteiger charge is 2.31. The van der Waals surface area contributed by atoms with Crippen LogP contribution in [0.25, 0.3) is 0 Å². The van der Waals surface area contributed by atoms with Gasteiger partial charge in [-0.15, -0.1) is 0 Å². The van der Waals surface area contributed by atoms with Crippen LogP contribution >= 0.6 is 12.2 Å². The van der Waals surface area contributed by atoms with Crippen molar-refractivity contribution in [3.8, 4) is 5.75 Å². The summed E-state index contributed by atoms with van der Waals surface area (Å²) >= 11 is 5.21. The molecule has 28 heavy (non-hydrogen) atoms. The number of benzene rings is 2. The van der Waals surface area contributed by atoms with Crippen molar-refractivity contribution in [2.45, 2.75) is 13.0 Å². The Bertz CT molecular complexity index is 989. The van der Waals surface area contributed by atoms with Crippen LogP contribution in [0.3, 0.4) is 0 Å². The zero-order chi connectivity index (χ0) is 20.3. The second-order valence-corrected chi connectivity index (χ2v) is 6.48. The van der Waals surface area contributed by atoms with E-state index in [-0.39, 0.29) is 11.6 Å². The molecule has 3 N–H and O–H groups in total. The fourth-order valence-corrected chi connectivity index (χ4v) is 3.27. The molecule has 1 aliphatic heterocycles. The molecule has 1 atom stereocenters. The van der Waals surface area contributed by atoms with Gasteiger partial charge < -0.3 is 20.7 Å². The number of allylic oxidation sites excluding steroid dienone is 1. The molecule has 1 amide bonds. The van der Waals surface area contributed by atoms with Gasteiger partial charge in [-0.2, -0.15) is 0 Å². The molecule has 1 unspecified atom stereocenters. The number of hydrogen-bond acceptors (Lipinski definition) is 5. The predicted molar refractivity (Wildman–Crippen MR) is 109 cm³/mol. The number of nitrogens with zero attached hydrogens (tertiary/aromatic N) is 1. The first-order valence-corrected chi connectivity index (χ1v) is 8.78. The highest BCUT2D eigenvalue weighted by molar-refractivity contribution is 7.80. The third-order valence-corrected chi connectivity index (χ3v) is 4.50. The third kappa shape index (κ3) is 3.94. The van der Waals surface area contributed by atoms with Gasteiger partial charge >= 0.3 is 0 Å². The number of carbonyl (C=O) groups is 1. The number of hydrogen-bond donors (Lipinski definition) is 3. The van der Waals surface area contributed by atoms with E-state index in [0.717, 1.165) is 0 Å². The van der Waals surface area contributed by atoms with Crippen LogP contribution in [0, 0.1) is 10.1 Å². The molecular weight excluding hydrogens is 380 g/mol. The maximum absolute atomic E-state index is 13.1. The Morgan fingerprint density at radius 2 is 2.00 bits per heavy atom. The molecule has 1 heterocycles. The Hall–Kier alpha value is -3.46. The van der Waals surface area contributed by atoms with Gasteiger partial charge in [-0.1, -0.05) is 24.3 Å². The normalized spacial score (nSPS) is 16.1. The number of thiocarbonyl (C=S) groups is 1. The fourth-order valence-electron chi connectivity index (χ4n) is 3.00. The first-order valence-electron chi connectivity index (χ1n) is 8.37. The van der Waals surface area contributed by atoms with Gasteiger partial charge in [0, 0.05) is 17.8 Å². The van der Waals surface area contributed by atoms with E-state index >= 15 is 0 Å². The summed E-state index contributed by atoms with van der Waals surface area (Å²) in [4.78, 5) is 23.7. The Labute approximate surface area is 166 Å². The highest BCUT2D eigenvalue weighted by Crippen LogP contribution is 2.31. The molecule has 0 aromatic heterocycles. The number of nitro benzene ring substituents is 1. The van der Waals surface area contributed by atoms with E-state index < -0.39 is 11.0 Å². The number of methoxy groups -OCH3 is 1. The van der Waals surface area contributed by atoms with Crippen molar-refractivity contribution >= 4 is 34.6 Å². The summed E-state index contributed by atoms with van der Waals surface area (Å²) in [6.45, 7) is 1.73. The number of amides is 1. The van der Waals surface area contributed by atoms with E-state index in [2.05, 4.69) is 16.0 Å². The van der Waals surface area contributed by atoms with Gasteiger partial charge in [0.15, 0.2) is 5.11 Å². The van der Waals surface area contributed by atoms with Gasteiger partial charge in [0.05, 0.1) is 29.3 Å². The molecule has 2 aromatic rings. The van der Waals surface area contributed by atoms with Crippen molar-refractivity contribution < 1.29 is 14.5 Å². The second kappa shape index (κ2) is 8.05. The molecular formula is C19H18N4O4S. The Morgan fingerprint density at radius 1 is 1.25 bits per heavy atom. The predicted octanol–water partition coefficient (Wildman–Crippen LogP) is 3.03. The van der Waals surface area contributed by atoms with Gasteiger partial charge in [0.1, 0.15) is 5.75 Å². The number of ether oxygens (including phenoxy) is 1. The van der Waals surface area contributed by atoms with E-state index in [4.69, 9.17) is 17.0 Å². The van der Waals surface area contributed by atoms with Crippen LogP contribution in [0.4, 0.5) is 11.4 Å². The topological polar surface area (TPSA) is 106 Å². The molecule has 0 radical (unpaired) electrons. The van der Waals surface area contributed by atoms with E-state index in [0.29, 0.717) is 33.4 Å². The van der Waals surface area contributed by atoms with Gasteiger partial charge in [-0.05, 0) is 36.8 Å². The van der Waals surface area contributed by atoms with Gasteiger partial charge in [0.25, 0.3) is 11.6 Å². The second-order valence-electron chi connectivity index (χ2n) is 6.08. The fraction of sp³-hybridized carbons (Fsp3) is 0.158. The molecule has 0 fully saturated rings.